The molecule has 1 saturated heterocycles. The highest BCUT2D eigenvalue weighted by Crippen LogP contribution is 2.20. The minimum atomic E-state index is -0.326. The number of carbonyl (C=O) groups is 2. The number of rotatable bonds is 3. The molecule has 23 heavy (non-hydrogen) atoms. The first-order valence-electron chi connectivity index (χ1n) is 8.04. The lowest BCUT2D eigenvalue weighted by atomic mass is 9.91. The van der Waals surface area contributed by atoms with Crippen molar-refractivity contribution >= 4 is 11.8 Å². The summed E-state index contributed by atoms with van der Waals surface area (Å²) >= 11 is 0. The molecule has 2 amide bonds. The third-order valence-electron chi connectivity index (χ3n) is 3.91. The van der Waals surface area contributed by atoms with E-state index in [0.717, 1.165) is 0 Å². The summed E-state index contributed by atoms with van der Waals surface area (Å²) in [5.41, 5.74) is 0.655. The molecule has 0 N–H and O–H groups in total. The van der Waals surface area contributed by atoms with Gasteiger partial charge in [-0.25, -0.2) is 4.39 Å². The summed E-state index contributed by atoms with van der Waals surface area (Å²) in [7, 11) is 0. The van der Waals surface area contributed by atoms with Gasteiger partial charge in [0.15, 0.2) is 0 Å². The van der Waals surface area contributed by atoms with E-state index in [2.05, 4.69) is 0 Å². The van der Waals surface area contributed by atoms with Crippen molar-refractivity contribution in [2.45, 2.75) is 33.6 Å². The summed E-state index contributed by atoms with van der Waals surface area (Å²) in [5.74, 6) is -0.193. The van der Waals surface area contributed by atoms with Crippen molar-refractivity contribution in [3.63, 3.8) is 0 Å². The Kier molecular flexibility index (Phi) is 5.39. The van der Waals surface area contributed by atoms with Crippen molar-refractivity contribution in [1.29, 1.82) is 0 Å². The molecule has 1 fully saturated rings. The smallest absolute Gasteiger partial charge is 0.227 e. The molecular weight excluding hydrogens is 295 g/mol. The highest BCUT2D eigenvalue weighted by atomic mass is 19.1. The van der Waals surface area contributed by atoms with E-state index >= 15 is 0 Å². The number of benzene rings is 1. The van der Waals surface area contributed by atoms with Crippen molar-refractivity contribution in [2.75, 3.05) is 26.2 Å². The highest BCUT2D eigenvalue weighted by Gasteiger charge is 2.26. The quantitative estimate of drug-likeness (QED) is 0.858. The summed E-state index contributed by atoms with van der Waals surface area (Å²) in [4.78, 5) is 28.1. The van der Waals surface area contributed by atoms with Gasteiger partial charge in [0.2, 0.25) is 11.8 Å². The molecule has 0 bridgehead atoms. The zero-order valence-electron chi connectivity index (χ0n) is 14.1. The van der Waals surface area contributed by atoms with Gasteiger partial charge in [0.05, 0.1) is 6.42 Å². The van der Waals surface area contributed by atoms with Gasteiger partial charge in [-0.05, 0) is 23.1 Å². The molecule has 4 nitrogen and oxygen atoms in total. The molecule has 0 saturated carbocycles. The van der Waals surface area contributed by atoms with E-state index in [-0.39, 0.29) is 29.5 Å². The molecule has 2 rings (SSSR count). The van der Waals surface area contributed by atoms with Gasteiger partial charge in [-0.3, -0.25) is 9.59 Å². The summed E-state index contributed by atoms with van der Waals surface area (Å²) in [6.45, 7) is 8.37. The van der Waals surface area contributed by atoms with Crippen molar-refractivity contribution < 1.29 is 14.0 Å². The van der Waals surface area contributed by atoms with Gasteiger partial charge in [-0.2, -0.15) is 0 Å². The Balaban J connectivity index is 1.84. The lowest BCUT2D eigenvalue weighted by molar-refractivity contribution is -0.140. The van der Waals surface area contributed by atoms with Crippen molar-refractivity contribution in [3.8, 4) is 0 Å². The Morgan fingerprint density at radius 3 is 2.13 bits per heavy atom. The molecule has 0 aliphatic carbocycles. The maximum Gasteiger partial charge on any atom is 0.227 e. The molecule has 1 aromatic carbocycles. The fourth-order valence-corrected chi connectivity index (χ4v) is 2.70. The standard InChI is InChI=1S/C18H25FN2O2/c1-18(2,3)13-17(23)21-9-7-20(8-10-21)16(22)12-14-5-4-6-15(19)11-14/h4-6,11H,7-10,12-13H2,1-3H3. The van der Waals surface area contributed by atoms with Gasteiger partial charge in [-0.15, -0.1) is 0 Å². The monoisotopic (exact) mass is 320 g/mol. The van der Waals surface area contributed by atoms with Gasteiger partial charge in [0.25, 0.3) is 0 Å². The Morgan fingerprint density at radius 1 is 1.04 bits per heavy atom. The molecule has 1 heterocycles. The van der Waals surface area contributed by atoms with Crippen LogP contribution in [0.5, 0.6) is 0 Å². The average molecular weight is 320 g/mol. The number of hydrogen-bond acceptors (Lipinski definition) is 2. The number of nitrogens with zero attached hydrogens (tertiary/aromatic N) is 2. The lowest BCUT2D eigenvalue weighted by Gasteiger charge is -2.36. The topological polar surface area (TPSA) is 40.6 Å². The normalized spacial score (nSPS) is 15.7. The summed E-state index contributed by atoms with van der Waals surface area (Å²) < 4.78 is 13.2. The molecule has 1 aliphatic rings. The molecule has 0 spiro atoms. The number of piperazine rings is 1. The SMILES string of the molecule is CC(C)(C)CC(=O)N1CCN(C(=O)Cc2cccc(F)c2)CC1. The largest absolute Gasteiger partial charge is 0.339 e. The highest BCUT2D eigenvalue weighted by molar-refractivity contribution is 5.80. The van der Waals surface area contributed by atoms with Crippen LogP contribution in [0.15, 0.2) is 24.3 Å². The van der Waals surface area contributed by atoms with Gasteiger partial charge < -0.3 is 9.80 Å². The predicted octanol–water partition coefficient (Wildman–Crippen LogP) is 2.48. The van der Waals surface area contributed by atoms with Gasteiger partial charge >= 0.3 is 0 Å². The Morgan fingerprint density at radius 2 is 1.61 bits per heavy atom. The molecule has 5 heteroatoms. The fourth-order valence-electron chi connectivity index (χ4n) is 2.70. The van der Waals surface area contributed by atoms with Crippen molar-refractivity contribution in [2.24, 2.45) is 5.41 Å². The van der Waals surface area contributed by atoms with Crippen LogP contribution in [-0.4, -0.2) is 47.8 Å². The second-order valence-electron chi connectivity index (χ2n) is 7.31. The van der Waals surface area contributed by atoms with Crippen LogP contribution in [0.1, 0.15) is 32.8 Å². The van der Waals surface area contributed by atoms with E-state index < -0.39 is 0 Å². The molecule has 0 unspecified atom stereocenters. The third-order valence-corrected chi connectivity index (χ3v) is 3.91. The van der Waals surface area contributed by atoms with Crippen molar-refractivity contribution in [1.82, 2.24) is 9.80 Å². The zero-order valence-corrected chi connectivity index (χ0v) is 14.1. The number of carbonyl (C=O) groups excluding carboxylic acids is 2. The predicted molar refractivity (Wildman–Crippen MR) is 87.3 cm³/mol. The lowest BCUT2D eigenvalue weighted by Crippen LogP contribution is -2.51. The van der Waals surface area contributed by atoms with E-state index in [1.165, 1.54) is 12.1 Å². The van der Waals surface area contributed by atoms with Crippen LogP contribution in [0.3, 0.4) is 0 Å². The van der Waals surface area contributed by atoms with Gasteiger partial charge in [0, 0.05) is 32.6 Å². The molecule has 0 aromatic heterocycles. The minimum Gasteiger partial charge on any atom is -0.339 e. The Hall–Kier alpha value is -1.91. The van der Waals surface area contributed by atoms with Crippen LogP contribution in [0.4, 0.5) is 4.39 Å². The maximum atomic E-state index is 13.2. The Bertz CT molecular complexity index is 573. The maximum absolute atomic E-state index is 13.2. The van der Waals surface area contributed by atoms with E-state index in [1.54, 1.807) is 17.0 Å². The fraction of sp³-hybridized carbons (Fsp3) is 0.556. The second kappa shape index (κ2) is 7.11. The molecule has 0 radical (unpaired) electrons. The van der Waals surface area contributed by atoms with Gasteiger partial charge in [-0.1, -0.05) is 32.9 Å². The summed E-state index contributed by atoms with van der Waals surface area (Å²) in [5, 5.41) is 0. The van der Waals surface area contributed by atoms with Crippen LogP contribution < -0.4 is 0 Å². The van der Waals surface area contributed by atoms with E-state index in [9.17, 15) is 14.0 Å². The first kappa shape index (κ1) is 17.4. The van der Waals surface area contributed by atoms with Crippen LogP contribution >= 0.6 is 0 Å². The van der Waals surface area contributed by atoms with Crippen molar-refractivity contribution in [3.05, 3.63) is 35.6 Å². The molecule has 1 aromatic rings. The van der Waals surface area contributed by atoms with Crippen LogP contribution in [0, 0.1) is 11.2 Å². The number of hydrogen-bond donors (Lipinski definition) is 0. The third kappa shape index (κ3) is 5.34. The minimum absolute atomic E-state index is 0.0153. The van der Waals surface area contributed by atoms with Crippen LogP contribution in [0.2, 0.25) is 0 Å². The number of halogens is 1. The van der Waals surface area contributed by atoms with Crippen LogP contribution in [0.25, 0.3) is 0 Å². The van der Waals surface area contributed by atoms with E-state index in [4.69, 9.17) is 0 Å². The zero-order chi connectivity index (χ0) is 17.0. The Labute approximate surface area is 137 Å². The first-order valence-corrected chi connectivity index (χ1v) is 8.04. The average Bonchev–Trinajstić information content (AvgIpc) is 2.45. The van der Waals surface area contributed by atoms with Crippen LogP contribution in [-0.2, 0) is 16.0 Å². The molecule has 0 atom stereocenters. The number of amides is 2. The van der Waals surface area contributed by atoms with E-state index in [0.29, 0.717) is 38.2 Å². The second-order valence-corrected chi connectivity index (χ2v) is 7.31. The van der Waals surface area contributed by atoms with E-state index in [1.807, 2.05) is 25.7 Å². The first-order chi connectivity index (χ1) is 10.7. The molecule has 126 valence electrons. The summed E-state index contributed by atoms with van der Waals surface area (Å²) in [6, 6.07) is 6.12. The van der Waals surface area contributed by atoms with Gasteiger partial charge in [0.1, 0.15) is 5.82 Å². The molecule has 1 aliphatic heterocycles. The molecular formula is C18H25FN2O2. The summed E-state index contributed by atoms with van der Waals surface area (Å²) in [6.07, 6.45) is 0.720.